The lowest BCUT2D eigenvalue weighted by atomic mass is 10.4. The van der Waals surface area contributed by atoms with E-state index in [1.54, 1.807) is 0 Å². The SMILES string of the molecule is CCCN(c1ncc(I)cn1)C1CC1. The average Bonchev–Trinajstić information content (AvgIpc) is 2.99. The first-order valence-corrected chi connectivity index (χ1v) is 6.13. The summed E-state index contributed by atoms with van der Waals surface area (Å²) in [5.41, 5.74) is 0. The number of aromatic nitrogens is 2. The zero-order valence-corrected chi connectivity index (χ0v) is 10.4. The van der Waals surface area contributed by atoms with E-state index in [4.69, 9.17) is 0 Å². The van der Waals surface area contributed by atoms with Crippen molar-refractivity contribution in [2.45, 2.75) is 32.2 Å². The third kappa shape index (κ3) is 2.34. The average molecular weight is 303 g/mol. The molecule has 4 heteroatoms. The molecule has 76 valence electrons. The van der Waals surface area contributed by atoms with E-state index in [2.05, 4.69) is 44.4 Å². The molecule has 3 nitrogen and oxygen atoms in total. The second-order valence-corrected chi connectivity index (χ2v) is 4.87. The van der Waals surface area contributed by atoms with E-state index in [1.807, 2.05) is 12.4 Å². The van der Waals surface area contributed by atoms with E-state index >= 15 is 0 Å². The molecule has 0 saturated heterocycles. The number of halogens is 1. The second-order valence-electron chi connectivity index (χ2n) is 3.63. The Morgan fingerprint density at radius 2 is 2.07 bits per heavy atom. The summed E-state index contributed by atoms with van der Waals surface area (Å²) in [5, 5.41) is 0. The van der Waals surface area contributed by atoms with Crippen molar-refractivity contribution < 1.29 is 0 Å². The molecule has 1 saturated carbocycles. The van der Waals surface area contributed by atoms with Crippen LogP contribution in [-0.4, -0.2) is 22.6 Å². The smallest absolute Gasteiger partial charge is 0.225 e. The van der Waals surface area contributed by atoms with Crippen molar-refractivity contribution in [2.75, 3.05) is 11.4 Å². The summed E-state index contributed by atoms with van der Waals surface area (Å²) >= 11 is 2.23. The Morgan fingerprint density at radius 3 is 2.57 bits per heavy atom. The molecule has 0 N–H and O–H groups in total. The van der Waals surface area contributed by atoms with Crippen LogP contribution >= 0.6 is 22.6 Å². The maximum absolute atomic E-state index is 4.37. The van der Waals surface area contributed by atoms with Crippen LogP contribution in [0.3, 0.4) is 0 Å². The largest absolute Gasteiger partial charge is 0.338 e. The molecule has 0 amide bonds. The summed E-state index contributed by atoms with van der Waals surface area (Å²) in [7, 11) is 0. The molecule has 0 aliphatic heterocycles. The quantitative estimate of drug-likeness (QED) is 0.800. The molecule has 1 fully saturated rings. The van der Waals surface area contributed by atoms with Gasteiger partial charge in [-0.15, -0.1) is 0 Å². The molecule has 0 bridgehead atoms. The van der Waals surface area contributed by atoms with Gasteiger partial charge in [0.1, 0.15) is 0 Å². The normalized spacial score (nSPS) is 15.6. The van der Waals surface area contributed by atoms with Crippen LogP contribution in [-0.2, 0) is 0 Å². The van der Waals surface area contributed by atoms with Crippen molar-refractivity contribution in [2.24, 2.45) is 0 Å². The van der Waals surface area contributed by atoms with Gasteiger partial charge in [0.25, 0.3) is 0 Å². The van der Waals surface area contributed by atoms with Crippen LogP contribution in [0, 0.1) is 3.57 Å². The fourth-order valence-corrected chi connectivity index (χ4v) is 1.81. The molecule has 1 aliphatic rings. The molecule has 1 aromatic heterocycles. The zero-order valence-electron chi connectivity index (χ0n) is 8.28. The second kappa shape index (κ2) is 4.42. The molecule has 0 radical (unpaired) electrons. The maximum Gasteiger partial charge on any atom is 0.225 e. The molecule has 1 aromatic rings. The Balaban J connectivity index is 2.13. The fraction of sp³-hybridized carbons (Fsp3) is 0.600. The van der Waals surface area contributed by atoms with Gasteiger partial charge in [-0.2, -0.15) is 0 Å². The Kier molecular flexibility index (Phi) is 3.20. The first kappa shape index (κ1) is 10.1. The van der Waals surface area contributed by atoms with Gasteiger partial charge in [-0.25, -0.2) is 9.97 Å². The van der Waals surface area contributed by atoms with Crippen molar-refractivity contribution in [1.82, 2.24) is 9.97 Å². The van der Waals surface area contributed by atoms with Crippen LogP contribution in [0.5, 0.6) is 0 Å². The summed E-state index contributed by atoms with van der Waals surface area (Å²) in [4.78, 5) is 11.1. The predicted molar refractivity (Wildman–Crippen MR) is 65.4 cm³/mol. The van der Waals surface area contributed by atoms with E-state index in [1.165, 1.54) is 12.8 Å². The number of hydrogen-bond acceptors (Lipinski definition) is 3. The van der Waals surface area contributed by atoms with Gasteiger partial charge in [0.15, 0.2) is 0 Å². The van der Waals surface area contributed by atoms with Gasteiger partial charge < -0.3 is 4.90 Å². The number of nitrogens with zero attached hydrogens (tertiary/aromatic N) is 3. The molecular weight excluding hydrogens is 289 g/mol. The van der Waals surface area contributed by atoms with Crippen molar-refractivity contribution in [3.63, 3.8) is 0 Å². The van der Waals surface area contributed by atoms with Gasteiger partial charge in [-0.3, -0.25) is 0 Å². The summed E-state index contributed by atoms with van der Waals surface area (Å²) in [6.45, 7) is 3.27. The molecule has 0 aromatic carbocycles. The molecular formula is C10H14IN3. The van der Waals surface area contributed by atoms with Crippen molar-refractivity contribution in [3.8, 4) is 0 Å². The van der Waals surface area contributed by atoms with Crippen LogP contribution < -0.4 is 4.90 Å². The molecule has 14 heavy (non-hydrogen) atoms. The minimum atomic E-state index is 0.704. The van der Waals surface area contributed by atoms with E-state index in [-0.39, 0.29) is 0 Å². The van der Waals surface area contributed by atoms with Crippen molar-refractivity contribution in [3.05, 3.63) is 16.0 Å². The summed E-state index contributed by atoms with van der Waals surface area (Å²) in [6.07, 6.45) is 7.53. The standard InChI is InChI=1S/C10H14IN3/c1-2-5-14(9-3-4-9)10-12-6-8(11)7-13-10/h6-7,9H,2-5H2,1H3. The third-order valence-electron chi connectivity index (χ3n) is 2.32. The summed E-state index contributed by atoms with van der Waals surface area (Å²) < 4.78 is 1.10. The van der Waals surface area contributed by atoms with Gasteiger partial charge in [0, 0.05) is 28.6 Å². The number of hydrogen-bond donors (Lipinski definition) is 0. The first-order chi connectivity index (χ1) is 6.81. The third-order valence-corrected chi connectivity index (χ3v) is 2.87. The maximum atomic E-state index is 4.37. The summed E-state index contributed by atoms with van der Waals surface area (Å²) in [5.74, 6) is 0.898. The van der Waals surface area contributed by atoms with Gasteiger partial charge in [-0.05, 0) is 41.9 Å². The van der Waals surface area contributed by atoms with Gasteiger partial charge in [0.2, 0.25) is 5.95 Å². The van der Waals surface area contributed by atoms with Crippen LogP contribution in [0.1, 0.15) is 26.2 Å². The monoisotopic (exact) mass is 303 g/mol. The highest BCUT2D eigenvalue weighted by Gasteiger charge is 2.29. The zero-order chi connectivity index (χ0) is 9.97. The Bertz CT molecular complexity index is 295. The number of rotatable bonds is 4. The van der Waals surface area contributed by atoms with E-state index in [0.29, 0.717) is 6.04 Å². The van der Waals surface area contributed by atoms with E-state index in [9.17, 15) is 0 Å². The molecule has 0 spiro atoms. The highest BCUT2D eigenvalue weighted by atomic mass is 127. The van der Waals surface area contributed by atoms with Crippen LogP contribution in [0.4, 0.5) is 5.95 Å². The van der Waals surface area contributed by atoms with Crippen molar-refractivity contribution in [1.29, 1.82) is 0 Å². The van der Waals surface area contributed by atoms with Crippen LogP contribution in [0.2, 0.25) is 0 Å². The molecule has 2 rings (SSSR count). The first-order valence-electron chi connectivity index (χ1n) is 5.05. The van der Waals surface area contributed by atoms with Crippen molar-refractivity contribution >= 4 is 28.5 Å². The van der Waals surface area contributed by atoms with Gasteiger partial charge >= 0.3 is 0 Å². The molecule has 1 heterocycles. The minimum Gasteiger partial charge on any atom is -0.338 e. The molecule has 0 unspecified atom stereocenters. The molecule has 1 aliphatic carbocycles. The van der Waals surface area contributed by atoms with E-state index in [0.717, 1.165) is 22.5 Å². The lowest BCUT2D eigenvalue weighted by Crippen LogP contribution is -2.28. The Morgan fingerprint density at radius 1 is 1.43 bits per heavy atom. The Labute approximate surface area is 98.1 Å². The number of anilines is 1. The van der Waals surface area contributed by atoms with Gasteiger partial charge in [0.05, 0.1) is 0 Å². The fourth-order valence-electron chi connectivity index (χ4n) is 1.53. The Hall–Kier alpha value is -0.390. The van der Waals surface area contributed by atoms with Crippen LogP contribution in [0.15, 0.2) is 12.4 Å². The highest BCUT2D eigenvalue weighted by molar-refractivity contribution is 14.1. The lowest BCUT2D eigenvalue weighted by molar-refractivity contribution is 0.734. The van der Waals surface area contributed by atoms with Crippen LogP contribution in [0.25, 0.3) is 0 Å². The van der Waals surface area contributed by atoms with Gasteiger partial charge in [-0.1, -0.05) is 6.92 Å². The van der Waals surface area contributed by atoms with E-state index < -0.39 is 0 Å². The predicted octanol–water partition coefficient (Wildman–Crippen LogP) is 2.46. The highest BCUT2D eigenvalue weighted by Crippen LogP contribution is 2.29. The topological polar surface area (TPSA) is 29.0 Å². The minimum absolute atomic E-state index is 0.704. The summed E-state index contributed by atoms with van der Waals surface area (Å²) in [6, 6.07) is 0.704. The lowest BCUT2D eigenvalue weighted by Gasteiger charge is -2.21. The molecule has 0 atom stereocenters.